The highest BCUT2D eigenvalue weighted by Crippen LogP contribution is 2.40. The van der Waals surface area contributed by atoms with Crippen LogP contribution in [0.5, 0.6) is 5.75 Å². The SMILES string of the molecule is CC(C)(C)OC(=O)N1C[C@H]2CC(OC(=S)Oc3ccc(F)cc3)C[C@H]2C1. The second-order valence-corrected chi connectivity index (χ2v) is 8.26. The van der Waals surface area contributed by atoms with Crippen LogP contribution in [0.15, 0.2) is 24.3 Å². The van der Waals surface area contributed by atoms with Gasteiger partial charge >= 0.3 is 11.3 Å². The molecule has 3 rings (SSSR count). The molecule has 5 nitrogen and oxygen atoms in total. The average molecular weight is 381 g/mol. The number of carbonyl (C=O) groups excluding carboxylic acids is 1. The number of fused-ring (bicyclic) bond motifs is 1. The van der Waals surface area contributed by atoms with Gasteiger partial charge in [0.05, 0.1) is 0 Å². The van der Waals surface area contributed by atoms with Crippen molar-refractivity contribution < 1.29 is 23.4 Å². The number of benzene rings is 1. The Kier molecular flexibility index (Phi) is 5.37. The minimum atomic E-state index is -0.482. The van der Waals surface area contributed by atoms with Crippen molar-refractivity contribution in [2.75, 3.05) is 13.1 Å². The lowest BCUT2D eigenvalue weighted by atomic mass is 10.0. The van der Waals surface area contributed by atoms with Crippen molar-refractivity contribution >= 4 is 23.5 Å². The Morgan fingerprint density at radius 1 is 1.15 bits per heavy atom. The van der Waals surface area contributed by atoms with Crippen molar-refractivity contribution in [2.45, 2.75) is 45.3 Å². The van der Waals surface area contributed by atoms with E-state index >= 15 is 0 Å². The standard InChI is InChI=1S/C19H24FNO4S/c1-19(2,3)25-17(22)21-10-12-8-16(9-13(12)11-21)24-18(26)23-15-6-4-14(20)5-7-15/h4-7,12-13,16H,8-11H2,1-3H3/t12-,13+,16?. The van der Waals surface area contributed by atoms with Gasteiger partial charge in [0.15, 0.2) is 0 Å². The summed E-state index contributed by atoms with van der Waals surface area (Å²) in [5.41, 5.74) is -0.482. The molecule has 2 fully saturated rings. The number of carbonyl (C=O) groups is 1. The zero-order valence-electron chi connectivity index (χ0n) is 15.2. The molecule has 3 atom stereocenters. The van der Waals surface area contributed by atoms with Gasteiger partial charge in [0, 0.05) is 25.3 Å². The van der Waals surface area contributed by atoms with Gasteiger partial charge in [-0.1, -0.05) is 0 Å². The fourth-order valence-corrected chi connectivity index (χ4v) is 3.81. The smallest absolute Gasteiger partial charge is 0.410 e. The lowest BCUT2D eigenvalue weighted by Gasteiger charge is -2.25. The van der Waals surface area contributed by atoms with E-state index in [1.165, 1.54) is 24.3 Å². The number of rotatable bonds is 2. The van der Waals surface area contributed by atoms with Crippen LogP contribution in [-0.4, -0.2) is 41.0 Å². The summed E-state index contributed by atoms with van der Waals surface area (Å²) in [4.78, 5) is 14.0. The van der Waals surface area contributed by atoms with Gasteiger partial charge < -0.3 is 19.1 Å². The number of nitrogens with zero attached hydrogens (tertiary/aromatic N) is 1. The van der Waals surface area contributed by atoms with Crippen molar-refractivity contribution in [3.05, 3.63) is 30.1 Å². The quantitative estimate of drug-likeness (QED) is 0.720. The first-order valence-corrected chi connectivity index (χ1v) is 9.22. The third kappa shape index (κ3) is 4.84. The molecule has 1 heterocycles. The number of hydrogen-bond acceptors (Lipinski definition) is 5. The lowest BCUT2D eigenvalue weighted by Crippen LogP contribution is -2.36. The summed E-state index contributed by atoms with van der Waals surface area (Å²) in [5.74, 6) is 0.898. The highest BCUT2D eigenvalue weighted by Gasteiger charge is 2.44. The third-order valence-electron chi connectivity index (χ3n) is 4.64. The number of halogens is 1. The van der Waals surface area contributed by atoms with E-state index in [4.69, 9.17) is 26.4 Å². The largest absolute Gasteiger partial charge is 0.453 e. The van der Waals surface area contributed by atoms with Crippen LogP contribution in [0.25, 0.3) is 0 Å². The highest BCUT2D eigenvalue weighted by molar-refractivity contribution is 7.79. The van der Waals surface area contributed by atoms with Gasteiger partial charge in [0.1, 0.15) is 23.3 Å². The monoisotopic (exact) mass is 381 g/mol. The molecule has 0 N–H and O–H groups in total. The number of ether oxygens (including phenoxy) is 3. The van der Waals surface area contributed by atoms with E-state index in [2.05, 4.69) is 0 Å². The lowest BCUT2D eigenvalue weighted by molar-refractivity contribution is 0.0269. The molecule has 1 aromatic carbocycles. The number of likely N-dealkylation sites (tertiary alicyclic amines) is 1. The molecular formula is C19H24FNO4S. The summed E-state index contributed by atoms with van der Waals surface area (Å²) in [5, 5.41) is 0.0468. The van der Waals surface area contributed by atoms with Crippen molar-refractivity contribution in [2.24, 2.45) is 11.8 Å². The molecule has 1 aliphatic carbocycles. The summed E-state index contributed by atoms with van der Waals surface area (Å²) in [6.45, 7) is 6.98. The molecule has 1 aliphatic heterocycles. The number of hydrogen-bond donors (Lipinski definition) is 0. The Balaban J connectivity index is 1.45. The van der Waals surface area contributed by atoms with Crippen molar-refractivity contribution in [1.29, 1.82) is 0 Å². The molecule has 1 saturated heterocycles. The van der Waals surface area contributed by atoms with Gasteiger partial charge in [0.25, 0.3) is 0 Å². The third-order valence-corrected chi connectivity index (χ3v) is 4.82. The second-order valence-electron chi connectivity index (χ2n) is 7.92. The predicted molar refractivity (Wildman–Crippen MR) is 98.5 cm³/mol. The molecule has 0 bridgehead atoms. The summed E-state index contributed by atoms with van der Waals surface area (Å²) >= 11 is 5.14. The van der Waals surface area contributed by atoms with Gasteiger partial charge in [-0.25, -0.2) is 9.18 Å². The van der Waals surface area contributed by atoms with Gasteiger partial charge in [-0.15, -0.1) is 0 Å². The van der Waals surface area contributed by atoms with Crippen LogP contribution in [0, 0.1) is 17.7 Å². The van der Waals surface area contributed by atoms with E-state index in [1.54, 1.807) is 4.90 Å². The summed E-state index contributed by atoms with van der Waals surface area (Å²) in [6.07, 6.45) is 1.39. The maximum absolute atomic E-state index is 12.9. The van der Waals surface area contributed by atoms with Crippen molar-refractivity contribution in [3.8, 4) is 5.75 Å². The first-order valence-electron chi connectivity index (χ1n) is 8.81. The van der Waals surface area contributed by atoms with E-state index in [-0.39, 0.29) is 23.3 Å². The Hall–Kier alpha value is -1.89. The molecule has 7 heteroatoms. The molecule has 2 aliphatic rings. The fraction of sp³-hybridized carbons (Fsp3) is 0.579. The molecular weight excluding hydrogens is 357 g/mol. The second kappa shape index (κ2) is 7.39. The molecule has 1 unspecified atom stereocenters. The van der Waals surface area contributed by atoms with Gasteiger partial charge in [-0.05, 0) is 69.7 Å². The summed E-state index contributed by atoms with van der Waals surface area (Å²) < 4.78 is 29.5. The minimum absolute atomic E-state index is 0.0151. The van der Waals surface area contributed by atoms with E-state index in [1.807, 2.05) is 20.8 Å². The molecule has 142 valence electrons. The zero-order valence-corrected chi connectivity index (χ0v) is 16.1. The Morgan fingerprint density at radius 3 is 2.27 bits per heavy atom. The first kappa shape index (κ1) is 18.9. The average Bonchev–Trinajstić information content (AvgIpc) is 3.06. The minimum Gasteiger partial charge on any atom is -0.453 e. The van der Waals surface area contributed by atoms with Gasteiger partial charge in [0.2, 0.25) is 0 Å². The van der Waals surface area contributed by atoms with Gasteiger partial charge in [-0.3, -0.25) is 0 Å². The van der Waals surface area contributed by atoms with Crippen LogP contribution in [0.4, 0.5) is 9.18 Å². The van der Waals surface area contributed by atoms with Crippen LogP contribution in [0.2, 0.25) is 0 Å². The Bertz CT molecular complexity index is 659. The number of amides is 1. The van der Waals surface area contributed by atoms with E-state index < -0.39 is 5.60 Å². The molecule has 1 amide bonds. The van der Waals surface area contributed by atoms with Crippen LogP contribution in [0.3, 0.4) is 0 Å². The predicted octanol–water partition coefficient (Wildman–Crippen LogP) is 4.15. The number of thiocarbonyl (C=S) groups is 1. The van der Waals surface area contributed by atoms with Crippen molar-refractivity contribution in [3.63, 3.8) is 0 Å². The molecule has 26 heavy (non-hydrogen) atoms. The first-order chi connectivity index (χ1) is 12.2. The van der Waals surface area contributed by atoms with Crippen LogP contribution < -0.4 is 4.74 Å². The van der Waals surface area contributed by atoms with E-state index in [0.717, 1.165) is 12.8 Å². The van der Waals surface area contributed by atoms with E-state index in [0.29, 0.717) is 30.7 Å². The highest BCUT2D eigenvalue weighted by atomic mass is 32.1. The Morgan fingerprint density at radius 2 is 1.73 bits per heavy atom. The van der Waals surface area contributed by atoms with Crippen LogP contribution >= 0.6 is 12.2 Å². The van der Waals surface area contributed by atoms with Crippen LogP contribution in [-0.2, 0) is 9.47 Å². The van der Waals surface area contributed by atoms with Crippen LogP contribution in [0.1, 0.15) is 33.6 Å². The zero-order chi connectivity index (χ0) is 18.9. The molecule has 1 saturated carbocycles. The van der Waals surface area contributed by atoms with E-state index in [9.17, 15) is 9.18 Å². The summed E-state index contributed by atoms with van der Waals surface area (Å²) in [7, 11) is 0. The molecule has 1 aromatic rings. The normalized spacial score (nSPS) is 24.9. The molecule has 0 spiro atoms. The van der Waals surface area contributed by atoms with Gasteiger partial charge in [-0.2, -0.15) is 0 Å². The maximum Gasteiger partial charge on any atom is 0.410 e. The molecule has 0 aromatic heterocycles. The Labute approximate surface area is 158 Å². The maximum atomic E-state index is 12.9. The molecule has 0 radical (unpaired) electrons. The fourth-order valence-electron chi connectivity index (χ4n) is 3.58. The summed E-state index contributed by atoms with van der Waals surface area (Å²) in [6, 6.07) is 5.63. The topological polar surface area (TPSA) is 48.0 Å². The van der Waals surface area contributed by atoms with Crippen molar-refractivity contribution in [1.82, 2.24) is 4.90 Å².